The normalized spacial score (nSPS) is 10.3. The molecule has 0 radical (unpaired) electrons. The summed E-state index contributed by atoms with van der Waals surface area (Å²) >= 11 is 0. The van der Waals surface area contributed by atoms with Gasteiger partial charge < -0.3 is 10.6 Å². The monoisotopic (exact) mass is 359 g/mol. The van der Waals surface area contributed by atoms with Crippen LogP contribution < -0.4 is 10.6 Å². The fourth-order valence-electron chi connectivity index (χ4n) is 2.67. The van der Waals surface area contributed by atoms with E-state index in [0.29, 0.717) is 11.3 Å². The molecule has 2 N–H and O–H groups in total. The number of anilines is 3. The van der Waals surface area contributed by atoms with E-state index in [0.717, 1.165) is 28.2 Å². The third kappa shape index (κ3) is 4.58. The molecule has 1 aromatic heterocycles. The van der Waals surface area contributed by atoms with Crippen LogP contribution in [0.15, 0.2) is 60.8 Å². The minimum absolute atomic E-state index is 0.00182. The molecule has 0 unspecified atom stereocenters. The molecule has 0 aliphatic heterocycles. The molecule has 0 fully saturated rings. The number of rotatable bonds is 5. The van der Waals surface area contributed by atoms with E-state index in [1.807, 2.05) is 44.2 Å². The molecule has 0 saturated carbocycles. The molecule has 5 nitrogen and oxygen atoms in total. The number of Topliss-reactive ketones (excluding diaryl/α,β-unsaturated/α-hetero) is 1. The predicted molar refractivity (Wildman–Crippen MR) is 108 cm³/mol. The van der Waals surface area contributed by atoms with Gasteiger partial charge in [-0.1, -0.05) is 24.3 Å². The number of ketones is 1. The van der Waals surface area contributed by atoms with Gasteiger partial charge in [-0.3, -0.25) is 14.6 Å². The molecular formula is C22H21N3O2. The maximum atomic E-state index is 12.6. The van der Waals surface area contributed by atoms with Gasteiger partial charge in [0.2, 0.25) is 0 Å². The Bertz CT molecular complexity index is 1010. The third-order valence-electron chi connectivity index (χ3n) is 4.19. The highest BCUT2D eigenvalue weighted by Gasteiger charge is 2.10. The summed E-state index contributed by atoms with van der Waals surface area (Å²) in [5, 5.41) is 6.12. The number of amides is 1. The van der Waals surface area contributed by atoms with Crippen molar-refractivity contribution in [1.29, 1.82) is 0 Å². The summed E-state index contributed by atoms with van der Waals surface area (Å²) in [4.78, 5) is 28.3. The quantitative estimate of drug-likeness (QED) is 0.636. The van der Waals surface area contributed by atoms with E-state index in [1.54, 1.807) is 30.5 Å². The van der Waals surface area contributed by atoms with Gasteiger partial charge in [0.05, 0.1) is 0 Å². The van der Waals surface area contributed by atoms with E-state index >= 15 is 0 Å². The molecule has 0 atom stereocenters. The molecule has 0 aliphatic carbocycles. The second kappa shape index (κ2) is 7.83. The molecule has 1 amide bonds. The number of pyridine rings is 1. The Morgan fingerprint density at radius 3 is 2.48 bits per heavy atom. The summed E-state index contributed by atoms with van der Waals surface area (Å²) in [6, 6.07) is 16.6. The van der Waals surface area contributed by atoms with Crippen molar-refractivity contribution in [3.05, 3.63) is 83.2 Å². The Kier molecular flexibility index (Phi) is 5.31. The van der Waals surface area contributed by atoms with E-state index in [4.69, 9.17) is 0 Å². The number of aryl methyl sites for hydroxylation is 2. The molecule has 5 heteroatoms. The average molecular weight is 359 g/mol. The number of benzene rings is 2. The molecule has 3 rings (SSSR count). The first-order valence-electron chi connectivity index (χ1n) is 8.65. The third-order valence-corrected chi connectivity index (χ3v) is 4.19. The van der Waals surface area contributed by atoms with Gasteiger partial charge in [-0.15, -0.1) is 0 Å². The van der Waals surface area contributed by atoms with E-state index in [9.17, 15) is 9.59 Å². The van der Waals surface area contributed by atoms with Crippen molar-refractivity contribution in [3.63, 3.8) is 0 Å². The molecule has 2 aromatic carbocycles. The van der Waals surface area contributed by atoms with Crippen LogP contribution >= 0.6 is 0 Å². The highest BCUT2D eigenvalue weighted by Crippen LogP contribution is 2.20. The SMILES string of the molecule is CC(=O)c1cccc(Nc2ccnc(C(=O)Nc3cc(C)ccc3C)c2)c1. The number of aromatic nitrogens is 1. The van der Waals surface area contributed by atoms with E-state index in [-0.39, 0.29) is 11.7 Å². The van der Waals surface area contributed by atoms with Crippen molar-refractivity contribution >= 4 is 28.8 Å². The lowest BCUT2D eigenvalue weighted by Crippen LogP contribution is -2.14. The lowest BCUT2D eigenvalue weighted by Gasteiger charge is -2.11. The Balaban J connectivity index is 1.79. The zero-order chi connectivity index (χ0) is 19.4. The van der Waals surface area contributed by atoms with Crippen molar-refractivity contribution in [2.75, 3.05) is 10.6 Å². The first-order chi connectivity index (χ1) is 12.9. The van der Waals surface area contributed by atoms with Crippen molar-refractivity contribution < 1.29 is 9.59 Å². The molecular weight excluding hydrogens is 338 g/mol. The summed E-state index contributed by atoms with van der Waals surface area (Å²) in [6.07, 6.45) is 1.58. The summed E-state index contributed by atoms with van der Waals surface area (Å²) < 4.78 is 0. The maximum Gasteiger partial charge on any atom is 0.274 e. The summed E-state index contributed by atoms with van der Waals surface area (Å²) in [5.74, 6) is -0.271. The number of carbonyl (C=O) groups is 2. The van der Waals surface area contributed by atoms with Crippen molar-refractivity contribution in [2.24, 2.45) is 0 Å². The van der Waals surface area contributed by atoms with Crippen LogP contribution in [0.3, 0.4) is 0 Å². The van der Waals surface area contributed by atoms with Crippen LogP contribution in [-0.2, 0) is 0 Å². The van der Waals surface area contributed by atoms with Gasteiger partial charge in [0.15, 0.2) is 5.78 Å². The van der Waals surface area contributed by atoms with Crippen molar-refractivity contribution in [2.45, 2.75) is 20.8 Å². The molecule has 3 aromatic rings. The van der Waals surface area contributed by atoms with Gasteiger partial charge in [-0.2, -0.15) is 0 Å². The Morgan fingerprint density at radius 1 is 0.926 bits per heavy atom. The Hall–Kier alpha value is -3.47. The van der Waals surface area contributed by atoms with Crippen LogP contribution in [0.5, 0.6) is 0 Å². The van der Waals surface area contributed by atoms with E-state index in [2.05, 4.69) is 15.6 Å². The van der Waals surface area contributed by atoms with Crippen LogP contribution in [0, 0.1) is 13.8 Å². The minimum Gasteiger partial charge on any atom is -0.355 e. The van der Waals surface area contributed by atoms with Crippen LogP contribution in [0.2, 0.25) is 0 Å². The molecule has 27 heavy (non-hydrogen) atoms. The van der Waals surface area contributed by atoms with Crippen molar-refractivity contribution in [3.8, 4) is 0 Å². The number of nitrogens with zero attached hydrogens (tertiary/aromatic N) is 1. The summed E-state index contributed by atoms with van der Waals surface area (Å²) in [6.45, 7) is 5.46. The van der Waals surface area contributed by atoms with Crippen LogP contribution in [0.4, 0.5) is 17.1 Å². The molecule has 0 saturated heterocycles. The number of nitrogens with one attached hydrogen (secondary N) is 2. The fraction of sp³-hybridized carbons (Fsp3) is 0.136. The maximum absolute atomic E-state index is 12.6. The standard InChI is InChI=1S/C22H21N3O2/c1-14-7-8-15(2)20(11-14)25-22(27)21-13-19(9-10-23-21)24-18-6-4-5-17(12-18)16(3)26/h4-13H,1-3H3,(H,23,24)(H,25,27). The lowest BCUT2D eigenvalue weighted by molar-refractivity contribution is 0.101. The Morgan fingerprint density at radius 2 is 1.70 bits per heavy atom. The minimum atomic E-state index is -0.273. The van der Waals surface area contributed by atoms with Crippen LogP contribution in [0.25, 0.3) is 0 Å². The average Bonchev–Trinajstić information content (AvgIpc) is 2.65. The molecule has 0 spiro atoms. The van der Waals surface area contributed by atoms with Gasteiger partial charge in [0.25, 0.3) is 5.91 Å². The molecule has 136 valence electrons. The smallest absolute Gasteiger partial charge is 0.274 e. The highest BCUT2D eigenvalue weighted by atomic mass is 16.2. The van der Waals surface area contributed by atoms with E-state index in [1.165, 1.54) is 6.92 Å². The number of hydrogen-bond acceptors (Lipinski definition) is 4. The second-order valence-corrected chi connectivity index (χ2v) is 6.46. The van der Waals surface area contributed by atoms with E-state index < -0.39 is 0 Å². The number of carbonyl (C=O) groups excluding carboxylic acids is 2. The second-order valence-electron chi connectivity index (χ2n) is 6.46. The predicted octanol–water partition coefficient (Wildman–Crippen LogP) is 4.90. The topological polar surface area (TPSA) is 71.1 Å². The zero-order valence-corrected chi connectivity index (χ0v) is 15.5. The van der Waals surface area contributed by atoms with Crippen LogP contribution in [0.1, 0.15) is 38.9 Å². The zero-order valence-electron chi connectivity index (χ0n) is 15.5. The van der Waals surface area contributed by atoms with Gasteiger partial charge >= 0.3 is 0 Å². The fourth-order valence-corrected chi connectivity index (χ4v) is 2.67. The Labute approximate surface area is 158 Å². The largest absolute Gasteiger partial charge is 0.355 e. The first kappa shape index (κ1) is 18.3. The van der Waals surface area contributed by atoms with Gasteiger partial charge in [0, 0.05) is 28.8 Å². The highest BCUT2D eigenvalue weighted by molar-refractivity contribution is 6.04. The molecule has 0 aliphatic rings. The molecule has 1 heterocycles. The number of hydrogen-bond donors (Lipinski definition) is 2. The van der Waals surface area contributed by atoms with Gasteiger partial charge in [-0.25, -0.2) is 0 Å². The van der Waals surface area contributed by atoms with Gasteiger partial charge in [-0.05, 0) is 62.2 Å². The first-order valence-corrected chi connectivity index (χ1v) is 8.65. The summed E-state index contributed by atoms with van der Waals surface area (Å²) in [7, 11) is 0. The molecule has 0 bridgehead atoms. The van der Waals surface area contributed by atoms with Crippen molar-refractivity contribution in [1.82, 2.24) is 4.98 Å². The van der Waals surface area contributed by atoms with Crippen LogP contribution in [-0.4, -0.2) is 16.7 Å². The summed E-state index contributed by atoms with van der Waals surface area (Å²) in [5.41, 5.74) is 5.26. The lowest BCUT2D eigenvalue weighted by atomic mass is 10.1. The van der Waals surface area contributed by atoms with Gasteiger partial charge in [0.1, 0.15) is 5.69 Å².